The van der Waals surface area contributed by atoms with Gasteiger partial charge in [0.15, 0.2) is 0 Å². The van der Waals surface area contributed by atoms with Crippen LogP contribution in [0.5, 0.6) is 0 Å². The fraction of sp³-hybridized carbons (Fsp3) is 0.381. The largest absolute Gasteiger partial charge is 0.338 e. The summed E-state index contributed by atoms with van der Waals surface area (Å²) in [5, 5.41) is 0. The Morgan fingerprint density at radius 2 is 1.23 bits per heavy atom. The molecule has 0 N–H and O–H groups in total. The van der Waals surface area contributed by atoms with Crippen molar-refractivity contribution in [1.29, 1.82) is 0 Å². The molecule has 0 spiro atoms. The van der Waals surface area contributed by atoms with Crippen LogP contribution in [0.4, 0.5) is 0 Å². The number of hydrogen-bond acceptors (Lipinski definition) is 4. The van der Waals surface area contributed by atoms with Crippen molar-refractivity contribution in [2.75, 3.05) is 19.4 Å². The topological polar surface area (TPSA) is 52.6 Å². The van der Waals surface area contributed by atoms with Crippen LogP contribution >= 0.6 is 7.60 Å². The van der Waals surface area contributed by atoms with Crippen LogP contribution in [-0.2, 0) is 18.4 Å². The summed E-state index contributed by atoms with van der Waals surface area (Å²) in [5.41, 5.74) is 2.19. The van der Waals surface area contributed by atoms with Crippen molar-refractivity contribution < 1.29 is 18.4 Å². The summed E-state index contributed by atoms with van der Waals surface area (Å²) < 4.78 is 24.3. The minimum atomic E-state index is -3.47. The van der Waals surface area contributed by atoms with Gasteiger partial charge in [-0.1, -0.05) is 74.5 Å². The minimum Gasteiger partial charge on any atom is -0.308 e. The first-order valence-electron chi connectivity index (χ1n) is 8.87. The number of benzene rings is 2. The minimum absolute atomic E-state index is 0.0617. The van der Waals surface area contributed by atoms with E-state index in [1.54, 1.807) is 0 Å². The van der Waals surface area contributed by atoms with Gasteiger partial charge in [0.2, 0.25) is 0 Å². The Balaban J connectivity index is 1.98. The third kappa shape index (κ3) is 6.53. The quantitative estimate of drug-likeness (QED) is 0.522. The second-order valence-corrected chi connectivity index (χ2v) is 8.74. The average Bonchev–Trinajstić information content (AvgIpc) is 2.65. The summed E-state index contributed by atoms with van der Waals surface area (Å²) in [4.78, 5) is 11.6. The maximum absolute atomic E-state index is 13.0. The number of hydrogen-bond donors (Lipinski definition) is 0. The van der Waals surface area contributed by atoms with Crippen molar-refractivity contribution in [3.63, 3.8) is 0 Å². The number of carbonyl (C=O) groups excluding carboxylic acids is 1. The second-order valence-electron chi connectivity index (χ2n) is 6.69. The predicted octanol–water partition coefficient (Wildman–Crippen LogP) is 5.41. The summed E-state index contributed by atoms with van der Waals surface area (Å²) in [6, 6.07) is 19.7. The van der Waals surface area contributed by atoms with Crippen LogP contribution in [0.3, 0.4) is 0 Å². The number of carbonyl (C=O) groups is 1. The number of ketones is 1. The van der Waals surface area contributed by atoms with Crippen LogP contribution in [0.25, 0.3) is 0 Å². The maximum Gasteiger partial charge on any atom is 0.338 e. The van der Waals surface area contributed by atoms with E-state index in [0.717, 1.165) is 11.1 Å². The molecular formula is C21H27O4P. The molecule has 0 saturated carbocycles. The summed E-state index contributed by atoms with van der Waals surface area (Å²) in [5.74, 6) is -0.0775. The molecule has 0 aliphatic heterocycles. The van der Waals surface area contributed by atoms with Crippen molar-refractivity contribution in [2.24, 2.45) is 0 Å². The molecule has 5 heteroatoms. The van der Waals surface area contributed by atoms with Gasteiger partial charge in [-0.05, 0) is 18.1 Å². The van der Waals surface area contributed by atoms with Gasteiger partial charge in [-0.2, -0.15) is 0 Å². The zero-order valence-corrected chi connectivity index (χ0v) is 16.5. The molecule has 4 nitrogen and oxygen atoms in total. The number of rotatable bonds is 10. The average molecular weight is 374 g/mol. The summed E-state index contributed by atoms with van der Waals surface area (Å²) in [6.07, 6.45) is -0.198. The van der Waals surface area contributed by atoms with Crippen LogP contribution in [0.15, 0.2) is 60.7 Å². The lowest BCUT2D eigenvalue weighted by Gasteiger charge is -2.22. The van der Waals surface area contributed by atoms with Gasteiger partial charge in [-0.3, -0.25) is 9.36 Å². The van der Waals surface area contributed by atoms with Crippen molar-refractivity contribution >= 4 is 13.4 Å². The first kappa shape index (κ1) is 20.6. The second kappa shape index (κ2) is 9.82. The Morgan fingerprint density at radius 1 is 0.846 bits per heavy atom. The zero-order chi connectivity index (χ0) is 19.0. The highest BCUT2D eigenvalue weighted by atomic mass is 31.2. The molecule has 140 valence electrons. The first-order valence-corrected chi connectivity index (χ1v) is 10.6. The van der Waals surface area contributed by atoms with Gasteiger partial charge < -0.3 is 9.05 Å². The standard InChI is InChI=1S/C21H27O4P/c1-17(20-10-6-4-7-11-20)14-24-26(23,16-19(3)22)25-15-18(2)21-12-8-5-9-13-21/h4-13,17-18H,14-16H2,1-3H3. The van der Waals surface area contributed by atoms with Gasteiger partial charge in [-0.15, -0.1) is 0 Å². The van der Waals surface area contributed by atoms with E-state index in [4.69, 9.17) is 9.05 Å². The van der Waals surface area contributed by atoms with E-state index in [9.17, 15) is 9.36 Å². The molecule has 0 aliphatic rings. The van der Waals surface area contributed by atoms with Crippen LogP contribution in [0.1, 0.15) is 43.7 Å². The summed E-state index contributed by atoms with van der Waals surface area (Å²) in [7, 11) is -3.47. The van der Waals surface area contributed by atoms with Gasteiger partial charge in [0.25, 0.3) is 0 Å². The molecule has 2 aromatic carbocycles. The number of Topliss-reactive ketones (excluding diaryl/α,β-unsaturated/α-hetero) is 1. The molecular weight excluding hydrogens is 347 g/mol. The fourth-order valence-electron chi connectivity index (χ4n) is 2.61. The lowest BCUT2D eigenvalue weighted by Crippen LogP contribution is -2.12. The van der Waals surface area contributed by atoms with Crippen LogP contribution in [0.2, 0.25) is 0 Å². The van der Waals surface area contributed by atoms with E-state index >= 15 is 0 Å². The molecule has 26 heavy (non-hydrogen) atoms. The lowest BCUT2D eigenvalue weighted by atomic mass is 10.0. The normalized spacial score (nSPS) is 15.8. The SMILES string of the molecule is CC(=O)CP(=O)(OCC(C)c1ccccc1)OCC(C)c1ccccc1. The molecule has 0 radical (unpaired) electrons. The van der Waals surface area contributed by atoms with Gasteiger partial charge in [0.05, 0.1) is 13.2 Å². The highest BCUT2D eigenvalue weighted by Crippen LogP contribution is 2.49. The van der Waals surface area contributed by atoms with E-state index in [0.29, 0.717) is 0 Å². The van der Waals surface area contributed by atoms with Gasteiger partial charge in [0.1, 0.15) is 11.9 Å². The Bertz CT molecular complexity index is 677. The Hall–Kier alpha value is -1.74. The fourth-order valence-corrected chi connectivity index (χ4v) is 4.31. The molecule has 2 atom stereocenters. The lowest BCUT2D eigenvalue weighted by molar-refractivity contribution is -0.114. The van der Waals surface area contributed by atoms with E-state index in [2.05, 4.69) is 0 Å². The third-order valence-corrected chi connectivity index (χ3v) is 6.11. The summed E-state index contributed by atoms with van der Waals surface area (Å²) >= 11 is 0. The molecule has 2 unspecified atom stereocenters. The third-order valence-electron chi connectivity index (χ3n) is 4.20. The highest BCUT2D eigenvalue weighted by Gasteiger charge is 2.28. The first-order chi connectivity index (χ1) is 12.4. The van der Waals surface area contributed by atoms with Gasteiger partial charge in [0, 0.05) is 11.8 Å². The Morgan fingerprint density at radius 3 is 1.58 bits per heavy atom. The van der Waals surface area contributed by atoms with Crippen LogP contribution in [-0.4, -0.2) is 25.2 Å². The molecule has 0 heterocycles. The molecule has 0 saturated heterocycles. The zero-order valence-electron chi connectivity index (χ0n) is 15.6. The van der Waals surface area contributed by atoms with E-state index in [1.807, 2.05) is 74.5 Å². The Labute approximate surface area is 156 Å². The van der Waals surface area contributed by atoms with Crippen LogP contribution < -0.4 is 0 Å². The van der Waals surface area contributed by atoms with Crippen LogP contribution in [0, 0.1) is 0 Å². The van der Waals surface area contributed by atoms with E-state index < -0.39 is 7.60 Å². The van der Waals surface area contributed by atoms with Crippen molar-refractivity contribution in [1.82, 2.24) is 0 Å². The molecule has 0 bridgehead atoms. The molecule has 2 rings (SSSR count). The Kier molecular flexibility index (Phi) is 7.77. The van der Waals surface area contributed by atoms with Gasteiger partial charge in [-0.25, -0.2) is 0 Å². The smallest absolute Gasteiger partial charge is 0.308 e. The highest BCUT2D eigenvalue weighted by molar-refractivity contribution is 7.54. The molecule has 0 aromatic heterocycles. The molecule has 0 fully saturated rings. The van der Waals surface area contributed by atoms with Crippen molar-refractivity contribution in [2.45, 2.75) is 32.6 Å². The van der Waals surface area contributed by atoms with Gasteiger partial charge >= 0.3 is 7.60 Å². The molecule has 0 aliphatic carbocycles. The predicted molar refractivity (Wildman–Crippen MR) is 105 cm³/mol. The van der Waals surface area contributed by atoms with E-state index in [1.165, 1.54) is 6.92 Å². The molecule has 2 aromatic rings. The summed E-state index contributed by atoms with van der Waals surface area (Å²) in [6.45, 7) is 5.89. The molecule has 0 amide bonds. The van der Waals surface area contributed by atoms with Crippen molar-refractivity contribution in [3.05, 3.63) is 71.8 Å². The maximum atomic E-state index is 13.0. The van der Waals surface area contributed by atoms with Crippen molar-refractivity contribution in [3.8, 4) is 0 Å². The monoisotopic (exact) mass is 374 g/mol. The van der Waals surface area contributed by atoms with E-state index in [-0.39, 0.29) is 37.0 Å².